The van der Waals surface area contributed by atoms with Crippen LogP contribution in [0.1, 0.15) is 33.1 Å². The van der Waals surface area contributed by atoms with Crippen molar-refractivity contribution in [1.82, 2.24) is 9.80 Å². The molecule has 0 aromatic heterocycles. The molecule has 2 saturated heterocycles. The molecule has 2 fully saturated rings. The minimum absolute atomic E-state index is 0.0557. The zero-order chi connectivity index (χ0) is 15.4. The van der Waals surface area contributed by atoms with Gasteiger partial charge in [0.2, 0.25) is 5.91 Å². The van der Waals surface area contributed by atoms with E-state index in [9.17, 15) is 9.59 Å². The van der Waals surface area contributed by atoms with Crippen molar-refractivity contribution in [1.29, 1.82) is 0 Å². The highest BCUT2D eigenvalue weighted by atomic mass is 16.5. The maximum Gasteiger partial charge on any atom is 0.305 e. The Hall–Kier alpha value is -1.14. The van der Waals surface area contributed by atoms with Gasteiger partial charge in [0.25, 0.3) is 0 Å². The van der Waals surface area contributed by atoms with Gasteiger partial charge in [-0.2, -0.15) is 0 Å². The second-order valence-corrected chi connectivity index (χ2v) is 6.42. The molecule has 2 aliphatic rings. The Kier molecular flexibility index (Phi) is 5.58. The van der Waals surface area contributed by atoms with Crippen molar-refractivity contribution in [2.45, 2.75) is 45.3 Å². The van der Waals surface area contributed by atoms with Crippen LogP contribution in [0.25, 0.3) is 0 Å². The van der Waals surface area contributed by atoms with Crippen LogP contribution in [0.3, 0.4) is 0 Å². The first-order valence-electron chi connectivity index (χ1n) is 7.83. The number of piperazine rings is 1. The number of carboxylic acids is 1. The van der Waals surface area contributed by atoms with Gasteiger partial charge in [-0.25, -0.2) is 0 Å². The second-order valence-electron chi connectivity index (χ2n) is 6.42. The quantitative estimate of drug-likeness (QED) is 0.786. The van der Waals surface area contributed by atoms with Crippen LogP contribution in [0, 0.1) is 5.92 Å². The Morgan fingerprint density at radius 1 is 1.43 bits per heavy atom. The van der Waals surface area contributed by atoms with Gasteiger partial charge in [0, 0.05) is 32.8 Å². The lowest BCUT2D eigenvalue weighted by Gasteiger charge is -2.41. The molecule has 0 aromatic carbocycles. The molecular weight excluding hydrogens is 272 g/mol. The van der Waals surface area contributed by atoms with Gasteiger partial charge in [-0.15, -0.1) is 0 Å². The fourth-order valence-electron chi connectivity index (χ4n) is 3.17. The van der Waals surface area contributed by atoms with Crippen molar-refractivity contribution in [3.05, 3.63) is 0 Å². The van der Waals surface area contributed by atoms with Crippen molar-refractivity contribution in [2.75, 3.05) is 32.8 Å². The number of hydrogen-bond donors (Lipinski definition) is 1. The molecule has 0 radical (unpaired) electrons. The smallest absolute Gasteiger partial charge is 0.305 e. The fraction of sp³-hybridized carbons (Fsp3) is 0.867. The summed E-state index contributed by atoms with van der Waals surface area (Å²) in [6.07, 6.45) is 2.04. The molecule has 120 valence electrons. The summed E-state index contributed by atoms with van der Waals surface area (Å²) in [4.78, 5) is 27.5. The lowest BCUT2D eigenvalue weighted by atomic mass is 10.0. The molecule has 2 heterocycles. The number of carboxylic acid groups (broad SMARTS) is 1. The molecule has 2 aliphatic heterocycles. The van der Waals surface area contributed by atoms with Gasteiger partial charge < -0.3 is 14.7 Å². The largest absolute Gasteiger partial charge is 0.481 e. The standard InChI is InChI=1S/C15H26N2O4/c1-11(2)9-16-5-6-17(10-12-4-3-7-21-12)15(20)13(16)8-14(18)19/h11-13H,3-10H2,1-2H3,(H,18,19). The van der Waals surface area contributed by atoms with Gasteiger partial charge in [-0.1, -0.05) is 13.8 Å². The van der Waals surface area contributed by atoms with Crippen LogP contribution in [0.15, 0.2) is 0 Å². The SMILES string of the molecule is CC(C)CN1CCN(CC2CCCO2)C(=O)C1CC(=O)O. The molecule has 0 spiro atoms. The normalized spacial score (nSPS) is 27.6. The fourth-order valence-corrected chi connectivity index (χ4v) is 3.17. The molecule has 2 atom stereocenters. The maximum atomic E-state index is 12.6. The molecule has 1 N–H and O–H groups in total. The van der Waals surface area contributed by atoms with Crippen LogP contribution in [-0.2, 0) is 14.3 Å². The zero-order valence-corrected chi connectivity index (χ0v) is 13.0. The van der Waals surface area contributed by atoms with Gasteiger partial charge in [-0.3, -0.25) is 14.5 Å². The minimum atomic E-state index is -0.916. The lowest BCUT2D eigenvalue weighted by molar-refractivity contribution is -0.150. The molecule has 0 saturated carbocycles. The molecule has 2 unspecified atom stereocenters. The molecule has 2 rings (SSSR count). The number of carbonyl (C=O) groups is 2. The summed E-state index contributed by atoms with van der Waals surface area (Å²) in [5.41, 5.74) is 0. The average molecular weight is 298 g/mol. The van der Waals surface area contributed by atoms with E-state index >= 15 is 0 Å². The Labute approximate surface area is 126 Å². The molecule has 6 heteroatoms. The first kappa shape index (κ1) is 16.2. The highest BCUT2D eigenvalue weighted by Crippen LogP contribution is 2.20. The number of rotatable bonds is 6. The number of ether oxygens (including phenoxy) is 1. The summed E-state index contributed by atoms with van der Waals surface area (Å²) >= 11 is 0. The zero-order valence-electron chi connectivity index (χ0n) is 13.0. The highest BCUT2D eigenvalue weighted by Gasteiger charge is 2.37. The van der Waals surface area contributed by atoms with E-state index in [0.29, 0.717) is 19.0 Å². The van der Waals surface area contributed by atoms with Crippen molar-refractivity contribution in [2.24, 2.45) is 5.92 Å². The summed E-state index contributed by atoms with van der Waals surface area (Å²) in [6.45, 7) is 7.71. The van der Waals surface area contributed by atoms with Crippen molar-refractivity contribution < 1.29 is 19.4 Å². The Morgan fingerprint density at radius 2 is 2.19 bits per heavy atom. The monoisotopic (exact) mass is 298 g/mol. The number of carbonyl (C=O) groups excluding carboxylic acids is 1. The first-order chi connectivity index (χ1) is 9.97. The minimum Gasteiger partial charge on any atom is -0.481 e. The summed E-state index contributed by atoms with van der Waals surface area (Å²) in [7, 11) is 0. The second kappa shape index (κ2) is 7.22. The Bertz CT molecular complexity index is 380. The van der Waals surface area contributed by atoms with Crippen LogP contribution >= 0.6 is 0 Å². The van der Waals surface area contributed by atoms with E-state index in [0.717, 1.165) is 32.5 Å². The molecule has 1 amide bonds. The molecular formula is C15H26N2O4. The van der Waals surface area contributed by atoms with Crippen LogP contribution < -0.4 is 0 Å². The number of amides is 1. The third kappa shape index (κ3) is 4.41. The third-order valence-electron chi connectivity index (χ3n) is 4.11. The topological polar surface area (TPSA) is 70.1 Å². The van der Waals surface area contributed by atoms with E-state index < -0.39 is 12.0 Å². The van der Waals surface area contributed by atoms with Crippen molar-refractivity contribution in [3.63, 3.8) is 0 Å². The number of hydrogen-bond acceptors (Lipinski definition) is 4. The van der Waals surface area contributed by atoms with Crippen LogP contribution in [0.4, 0.5) is 0 Å². The predicted octanol–water partition coefficient (Wildman–Crippen LogP) is 0.809. The summed E-state index contributed by atoms with van der Waals surface area (Å²) in [5.74, 6) is -0.556. The molecule has 0 aliphatic carbocycles. The van der Waals surface area contributed by atoms with Gasteiger partial charge in [0.05, 0.1) is 18.6 Å². The Balaban J connectivity index is 2.00. The molecule has 0 aromatic rings. The van der Waals surface area contributed by atoms with E-state index in [4.69, 9.17) is 9.84 Å². The van der Waals surface area contributed by atoms with E-state index in [1.165, 1.54) is 0 Å². The first-order valence-corrected chi connectivity index (χ1v) is 7.83. The van der Waals surface area contributed by atoms with E-state index in [2.05, 4.69) is 13.8 Å². The summed E-state index contributed by atoms with van der Waals surface area (Å²) in [6, 6.07) is -0.528. The molecule has 0 bridgehead atoms. The lowest BCUT2D eigenvalue weighted by Crippen LogP contribution is -2.59. The van der Waals surface area contributed by atoms with Crippen molar-refractivity contribution >= 4 is 11.9 Å². The third-order valence-corrected chi connectivity index (χ3v) is 4.11. The van der Waals surface area contributed by atoms with Crippen LogP contribution in [-0.4, -0.2) is 71.7 Å². The van der Waals surface area contributed by atoms with Gasteiger partial charge in [0.1, 0.15) is 0 Å². The van der Waals surface area contributed by atoms with Gasteiger partial charge in [-0.05, 0) is 18.8 Å². The average Bonchev–Trinajstić information content (AvgIpc) is 2.89. The van der Waals surface area contributed by atoms with E-state index in [1.54, 1.807) is 4.90 Å². The molecule has 6 nitrogen and oxygen atoms in total. The van der Waals surface area contributed by atoms with Crippen LogP contribution in [0.2, 0.25) is 0 Å². The highest BCUT2D eigenvalue weighted by molar-refractivity contribution is 5.86. The van der Waals surface area contributed by atoms with E-state index in [1.807, 2.05) is 4.90 Å². The van der Waals surface area contributed by atoms with Crippen molar-refractivity contribution in [3.8, 4) is 0 Å². The van der Waals surface area contributed by atoms with E-state index in [-0.39, 0.29) is 18.4 Å². The predicted molar refractivity (Wildman–Crippen MR) is 78.0 cm³/mol. The molecule has 21 heavy (non-hydrogen) atoms. The summed E-state index contributed by atoms with van der Waals surface area (Å²) < 4.78 is 5.59. The number of nitrogens with zero attached hydrogens (tertiary/aromatic N) is 2. The summed E-state index contributed by atoms with van der Waals surface area (Å²) in [5, 5.41) is 9.08. The number of aliphatic carboxylic acids is 1. The van der Waals surface area contributed by atoms with Crippen LogP contribution in [0.5, 0.6) is 0 Å². The van der Waals surface area contributed by atoms with Gasteiger partial charge in [0.15, 0.2) is 0 Å². The Morgan fingerprint density at radius 3 is 2.76 bits per heavy atom. The van der Waals surface area contributed by atoms with Gasteiger partial charge >= 0.3 is 5.97 Å². The maximum absolute atomic E-state index is 12.6.